The summed E-state index contributed by atoms with van der Waals surface area (Å²) in [6.45, 7) is 2.86. The third kappa shape index (κ3) is 2.10. The number of benzene rings is 1. The van der Waals surface area contributed by atoms with Gasteiger partial charge in [-0.25, -0.2) is 0 Å². The van der Waals surface area contributed by atoms with Crippen molar-refractivity contribution in [3.05, 3.63) is 29.8 Å². The lowest BCUT2D eigenvalue weighted by molar-refractivity contribution is -0.136. The molecule has 1 fully saturated rings. The molecule has 0 saturated carbocycles. The number of likely N-dealkylation sites (tertiary alicyclic amines) is 1. The Kier molecular flexibility index (Phi) is 3.19. The molecule has 0 radical (unpaired) electrons. The number of rotatable bonds is 2. The van der Waals surface area contributed by atoms with Crippen molar-refractivity contribution in [2.45, 2.75) is 18.3 Å². The molecule has 102 valence electrons. The monoisotopic (exact) mass is 260 g/mol. The van der Waals surface area contributed by atoms with Crippen molar-refractivity contribution >= 4 is 11.6 Å². The average Bonchev–Trinajstić information content (AvgIpc) is 2.80. The second-order valence-electron chi connectivity index (χ2n) is 5.49. The lowest BCUT2D eigenvalue weighted by Gasteiger charge is -2.39. The number of amides is 1. The van der Waals surface area contributed by atoms with E-state index in [-0.39, 0.29) is 17.9 Å². The van der Waals surface area contributed by atoms with E-state index in [0.717, 1.165) is 32.5 Å². The molecule has 0 bridgehead atoms. The fourth-order valence-corrected chi connectivity index (χ4v) is 3.30. The van der Waals surface area contributed by atoms with Crippen molar-refractivity contribution in [2.75, 3.05) is 38.7 Å². The number of carbonyl (C=O) groups excluding carboxylic acids is 1. The van der Waals surface area contributed by atoms with Crippen molar-refractivity contribution in [3.63, 3.8) is 0 Å². The minimum absolute atomic E-state index is 0.108. The number of nitrogens with zero attached hydrogens (tertiary/aromatic N) is 1. The lowest BCUT2D eigenvalue weighted by atomic mass is 9.74. The summed E-state index contributed by atoms with van der Waals surface area (Å²) in [7, 11) is 1.57. The van der Waals surface area contributed by atoms with E-state index in [1.807, 2.05) is 4.90 Å². The smallest absolute Gasteiger partial charge is 0.248 e. The van der Waals surface area contributed by atoms with E-state index in [4.69, 9.17) is 4.74 Å². The Morgan fingerprint density at radius 2 is 2.11 bits per heavy atom. The Balaban J connectivity index is 1.72. The summed E-state index contributed by atoms with van der Waals surface area (Å²) in [6.07, 6.45) is 2.07. The van der Waals surface area contributed by atoms with Gasteiger partial charge in [0.25, 0.3) is 0 Å². The Morgan fingerprint density at radius 1 is 1.37 bits per heavy atom. The number of nitrogens with one attached hydrogen (secondary N) is 1. The number of ether oxygens (including phenoxy) is 1. The normalized spacial score (nSPS) is 20.2. The van der Waals surface area contributed by atoms with Gasteiger partial charge < -0.3 is 15.0 Å². The zero-order valence-electron chi connectivity index (χ0n) is 11.3. The van der Waals surface area contributed by atoms with Crippen LogP contribution in [0.3, 0.4) is 0 Å². The zero-order valence-corrected chi connectivity index (χ0v) is 11.3. The maximum absolute atomic E-state index is 11.8. The van der Waals surface area contributed by atoms with Gasteiger partial charge in [-0.1, -0.05) is 18.2 Å². The number of piperidine rings is 1. The number of methoxy groups -OCH3 is 1. The van der Waals surface area contributed by atoms with Crippen LogP contribution in [0.1, 0.15) is 18.4 Å². The van der Waals surface area contributed by atoms with Crippen LogP contribution < -0.4 is 5.32 Å². The number of carbonyl (C=O) groups is 1. The molecular weight excluding hydrogens is 240 g/mol. The van der Waals surface area contributed by atoms with Crippen LogP contribution in [0.25, 0.3) is 0 Å². The highest BCUT2D eigenvalue weighted by Gasteiger charge is 2.41. The molecular formula is C15H20N2O2. The zero-order chi connectivity index (χ0) is 13.3. The van der Waals surface area contributed by atoms with Gasteiger partial charge in [-0.05, 0) is 24.5 Å². The van der Waals surface area contributed by atoms with Crippen LogP contribution >= 0.6 is 0 Å². The first kappa shape index (κ1) is 12.5. The van der Waals surface area contributed by atoms with E-state index < -0.39 is 0 Å². The van der Waals surface area contributed by atoms with Crippen LogP contribution in [0.5, 0.6) is 0 Å². The summed E-state index contributed by atoms with van der Waals surface area (Å²) in [4.78, 5) is 13.8. The van der Waals surface area contributed by atoms with Gasteiger partial charge in [0.15, 0.2) is 0 Å². The molecule has 19 heavy (non-hydrogen) atoms. The Hall–Kier alpha value is -1.55. The topological polar surface area (TPSA) is 41.6 Å². The van der Waals surface area contributed by atoms with Gasteiger partial charge in [0.2, 0.25) is 5.91 Å². The predicted octanol–water partition coefficient (Wildman–Crippen LogP) is 1.62. The van der Waals surface area contributed by atoms with Gasteiger partial charge in [-0.15, -0.1) is 0 Å². The van der Waals surface area contributed by atoms with Gasteiger partial charge in [0.1, 0.15) is 6.61 Å². The minimum atomic E-state index is 0.108. The average molecular weight is 260 g/mol. The Morgan fingerprint density at radius 3 is 2.84 bits per heavy atom. The first-order valence-electron chi connectivity index (χ1n) is 6.85. The predicted molar refractivity (Wildman–Crippen MR) is 74.3 cm³/mol. The molecule has 1 spiro atoms. The molecule has 4 heteroatoms. The number of anilines is 1. The SMILES string of the molecule is COCC(=O)N1CCC2(CC1)CNc1ccccc12. The number of fused-ring (bicyclic) bond motifs is 2. The van der Waals surface area contributed by atoms with Gasteiger partial charge in [-0.3, -0.25) is 4.79 Å². The number of hydrogen-bond acceptors (Lipinski definition) is 3. The van der Waals surface area contributed by atoms with Crippen LogP contribution in [-0.4, -0.2) is 44.2 Å². The molecule has 1 aromatic rings. The van der Waals surface area contributed by atoms with Crippen LogP contribution in [-0.2, 0) is 14.9 Å². The third-order valence-corrected chi connectivity index (χ3v) is 4.46. The lowest BCUT2D eigenvalue weighted by Crippen LogP contribution is -2.47. The summed E-state index contributed by atoms with van der Waals surface area (Å²) in [5, 5.41) is 3.50. The van der Waals surface area contributed by atoms with Gasteiger partial charge in [0.05, 0.1) is 0 Å². The molecule has 0 unspecified atom stereocenters. The molecule has 2 heterocycles. The molecule has 1 N–H and O–H groups in total. The van der Waals surface area contributed by atoms with Crippen LogP contribution in [0.4, 0.5) is 5.69 Å². The Bertz CT molecular complexity index is 479. The second-order valence-corrected chi connectivity index (χ2v) is 5.49. The minimum Gasteiger partial charge on any atom is -0.384 e. The molecule has 1 saturated heterocycles. The summed E-state index contributed by atoms with van der Waals surface area (Å²) < 4.78 is 4.93. The van der Waals surface area contributed by atoms with Gasteiger partial charge in [-0.2, -0.15) is 0 Å². The fraction of sp³-hybridized carbons (Fsp3) is 0.533. The summed E-state index contributed by atoms with van der Waals surface area (Å²) in [5.74, 6) is 0.108. The molecule has 0 aromatic heterocycles. The van der Waals surface area contributed by atoms with Crippen molar-refractivity contribution in [1.29, 1.82) is 0 Å². The highest BCUT2D eigenvalue weighted by atomic mass is 16.5. The molecule has 0 atom stereocenters. The molecule has 2 aliphatic rings. The van der Waals surface area contributed by atoms with Crippen molar-refractivity contribution in [1.82, 2.24) is 4.90 Å². The summed E-state index contributed by atoms with van der Waals surface area (Å²) >= 11 is 0. The molecule has 1 aromatic carbocycles. The first-order chi connectivity index (χ1) is 9.25. The number of hydrogen-bond donors (Lipinski definition) is 1. The standard InChI is InChI=1S/C15H20N2O2/c1-19-10-14(18)17-8-6-15(7-9-17)11-16-13-5-3-2-4-12(13)15/h2-5,16H,6-11H2,1H3. The van der Waals surface area contributed by atoms with E-state index >= 15 is 0 Å². The summed E-state index contributed by atoms with van der Waals surface area (Å²) in [5.41, 5.74) is 2.91. The highest BCUT2D eigenvalue weighted by Crippen LogP contribution is 2.43. The summed E-state index contributed by atoms with van der Waals surface area (Å²) in [6, 6.07) is 8.55. The van der Waals surface area contributed by atoms with E-state index in [0.29, 0.717) is 0 Å². The van der Waals surface area contributed by atoms with Crippen molar-refractivity contribution in [2.24, 2.45) is 0 Å². The molecule has 2 aliphatic heterocycles. The molecule has 1 amide bonds. The molecule has 3 rings (SSSR count). The molecule has 4 nitrogen and oxygen atoms in total. The Labute approximate surface area is 113 Å². The molecule has 0 aliphatic carbocycles. The van der Waals surface area contributed by atoms with Crippen LogP contribution in [0.15, 0.2) is 24.3 Å². The maximum Gasteiger partial charge on any atom is 0.248 e. The largest absolute Gasteiger partial charge is 0.384 e. The quantitative estimate of drug-likeness (QED) is 0.878. The van der Waals surface area contributed by atoms with E-state index in [1.165, 1.54) is 11.3 Å². The third-order valence-electron chi connectivity index (χ3n) is 4.46. The maximum atomic E-state index is 11.8. The highest BCUT2D eigenvalue weighted by molar-refractivity contribution is 5.77. The van der Waals surface area contributed by atoms with Gasteiger partial charge in [0, 0.05) is 37.8 Å². The van der Waals surface area contributed by atoms with E-state index in [9.17, 15) is 4.79 Å². The first-order valence-corrected chi connectivity index (χ1v) is 6.85. The fourth-order valence-electron chi connectivity index (χ4n) is 3.30. The second kappa shape index (κ2) is 4.85. The van der Waals surface area contributed by atoms with Crippen LogP contribution in [0, 0.1) is 0 Å². The number of para-hydroxylation sites is 1. The van der Waals surface area contributed by atoms with E-state index in [2.05, 4.69) is 29.6 Å². The van der Waals surface area contributed by atoms with Crippen LogP contribution in [0.2, 0.25) is 0 Å². The van der Waals surface area contributed by atoms with Crippen molar-refractivity contribution in [3.8, 4) is 0 Å². The van der Waals surface area contributed by atoms with Gasteiger partial charge >= 0.3 is 0 Å². The van der Waals surface area contributed by atoms with E-state index in [1.54, 1.807) is 7.11 Å². The van der Waals surface area contributed by atoms with Crippen molar-refractivity contribution < 1.29 is 9.53 Å².